The van der Waals surface area contributed by atoms with Crippen molar-refractivity contribution in [2.75, 3.05) is 6.61 Å². The van der Waals surface area contributed by atoms with Gasteiger partial charge in [-0.1, -0.05) is 11.5 Å². The second kappa shape index (κ2) is 3.56. The molecule has 0 aromatic heterocycles. The van der Waals surface area contributed by atoms with E-state index in [2.05, 4.69) is 0 Å². The first-order chi connectivity index (χ1) is 5.66. The SMILES string of the molecule is [B]c1ccc(OCC)c(F)c1F. The minimum atomic E-state index is -1.05. The van der Waals surface area contributed by atoms with Crippen LogP contribution < -0.4 is 10.2 Å². The molecule has 1 aromatic rings. The van der Waals surface area contributed by atoms with E-state index in [1.807, 2.05) is 0 Å². The van der Waals surface area contributed by atoms with Crippen LogP contribution in [0.3, 0.4) is 0 Å². The zero-order valence-corrected chi connectivity index (χ0v) is 6.60. The lowest BCUT2D eigenvalue weighted by Crippen LogP contribution is -2.11. The molecule has 0 amide bonds. The van der Waals surface area contributed by atoms with E-state index in [1.165, 1.54) is 12.1 Å². The van der Waals surface area contributed by atoms with Gasteiger partial charge < -0.3 is 4.74 Å². The summed E-state index contributed by atoms with van der Waals surface area (Å²) in [5.74, 6) is -2.19. The normalized spacial score (nSPS) is 9.92. The summed E-state index contributed by atoms with van der Waals surface area (Å²) in [5, 5.41) is 0. The van der Waals surface area contributed by atoms with Gasteiger partial charge in [0.1, 0.15) is 7.85 Å². The first-order valence-electron chi connectivity index (χ1n) is 3.53. The summed E-state index contributed by atoms with van der Waals surface area (Å²) >= 11 is 0. The number of halogens is 2. The highest BCUT2D eigenvalue weighted by Gasteiger charge is 2.10. The Morgan fingerprint density at radius 2 is 2.00 bits per heavy atom. The fourth-order valence-electron chi connectivity index (χ4n) is 0.814. The summed E-state index contributed by atoms with van der Waals surface area (Å²) in [6, 6.07) is 2.57. The van der Waals surface area contributed by atoms with Gasteiger partial charge in [0, 0.05) is 0 Å². The molecule has 0 N–H and O–H groups in total. The van der Waals surface area contributed by atoms with Gasteiger partial charge in [0.25, 0.3) is 0 Å². The molecule has 1 rings (SSSR count). The van der Waals surface area contributed by atoms with Crippen molar-refractivity contribution in [1.29, 1.82) is 0 Å². The first kappa shape index (κ1) is 9.04. The van der Waals surface area contributed by atoms with Gasteiger partial charge in [-0.25, -0.2) is 4.39 Å². The van der Waals surface area contributed by atoms with Crippen LogP contribution in [0.1, 0.15) is 6.92 Å². The van der Waals surface area contributed by atoms with Crippen LogP contribution in [0.15, 0.2) is 12.1 Å². The van der Waals surface area contributed by atoms with E-state index >= 15 is 0 Å². The third-order valence-electron chi connectivity index (χ3n) is 1.38. The average molecular weight is 168 g/mol. The number of hydrogen-bond acceptors (Lipinski definition) is 1. The summed E-state index contributed by atoms with van der Waals surface area (Å²) in [4.78, 5) is 0. The molecule has 0 aliphatic rings. The molecule has 0 bridgehead atoms. The highest BCUT2D eigenvalue weighted by atomic mass is 19.2. The van der Waals surface area contributed by atoms with Crippen LogP contribution in [0.2, 0.25) is 0 Å². The van der Waals surface area contributed by atoms with Crippen molar-refractivity contribution in [3.8, 4) is 5.75 Å². The van der Waals surface area contributed by atoms with E-state index in [0.29, 0.717) is 6.61 Å². The Hall–Kier alpha value is -1.06. The van der Waals surface area contributed by atoms with Gasteiger partial charge in [0.05, 0.1) is 6.61 Å². The lowest BCUT2D eigenvalue weighted by molar-refractivity contribution is 0.314. The molecule has 0 heterocycles. The second-order valence-electron chi connectivity index (χ2n) is 2.21. The van der Waals surface area contributed by atoms with Crippen molar-refractivity contribution in [2.45, 2.75) is 6.92 Å². The molecule has 0 saturated heterocycles. The summed E-state index contributed by atoms with van der Waals surface area (Å²) in [7, 11) is 5.12. The second-order valence-corrected chi connectivity index (χ2v) is 2.21. The van der Waals surface area contributed by atoms with Crippen LogP contribution in [0.5, 0.6) is 5.75 Å². The third-order valence-corrected chi connectivity index (χ3v) is 1.38. The molecule has 0 atom stereocenters. The predicted octanol–water partition coefficient (Wildman–Crippen LogP) is 1.16. The largest absolute Gasteiger partial charge is 0.491 e. The van der Waals surface area contributed by atoms with Gasteiger partial charge in [-0.05, 0) is 13.0 Å². The summed E-state index contributed by atoms with van der Waals surface area (Å²) in [6.45, 7) is 1.98. The first-order valence-corrected chi connectivity index (χ1v) is 3.53. The van der Waals surface area contributed by atoms with E-state index in [0.717, 1.165) is 0 Å². The maximum atomic E-state index is 12.9. The number of ether oxygens (including phenoxy) is 1. The summed E-state index contributed by atoms with van der Waals surface area (Å²) in [5.41, 5.74) is -0.212. The van der Waals surface area contributed by atoms with Crippen molar-refractivity contribution >= 4 is 13.3 Å². The standard InChI is InChI=1S/C8H7BF2O/c1-2-12-6-4-3-5(9)7(10)8(6)11/h3-4H,2H2,1H3. The Kier molecular flexibility index (Phi) is 2.68. The van der Waals surface area contributed by atoms with Crippen molar-refractivity contribution in [3.63, 3.8) is 0 Å². The Labute approximate surface area is 70.8 Å². The molecule has 0 unspecified atom stereocenters. The molecule has 0 fully saturated rings. The quantitative estimate of drug-likeness (QED) is 0.602. The van der Waals surface area contributed by atoms with Gasteiger partial charge in [-0.3, -0.25) is 0 Å². The molecule has 1 aromatic carbocycles. The predicted molar refractivity (Wildman–Crippen MR) is 42.9 cm³/mol. The van der Waals surface area contributed by atoms with Crippen LogP contribution in [-0.2, 0) is 0 Å². The van der Waals surface area contributed by atoms with Gasteiger partial charge in [-0.15, -0.1) is 0 Å². The van der Waals surface area contributed by atoms with Crippen LogP contribution in [-0.4, -0.2) is 14.5 Å². The zero-order valence-electron chi connectivity index (χ0n) is 6.60. The van der Waals surface area contributed by atoms with Crippen molar-refractivity contribution in [2.24, 2.45) is 0 Å². The Bertz CT molecular complexity index is 289. The van der Waals surface area contributed by atoms with Gasteiger partial charge in [0.15, 0.2) is 17.4 Å². The molecular formula is C8H7BF2O. The fourth-order valence-corrected chi connectivity index (χ4v) is 0.814. The van der Waals surface area contributed by atoms with Gasteiger partial charge in [-0.2, -0.15) is 4.39 Å². The molecule has 12 heavy (non-hydrogen) atoms. The summed E-state index contributed by atoms with van der Waals surface area (Å²) < 4.78 is 30.4. The summed E-state index contributed by atoms with van der Waals surface area (Å²) in [6.07, 6.45) is 0. The molecule has 0 aliphatic carbocycles. The van der Waals surface area contributed by atoms with E-state index < -0.39 is 11.6 Å². The van der Waals surface area contributed by atoms with Crippen LogP contribution in [0.4, 0.5) is 8.78 Å². The average Bonchev–Trinajstić information content (AvgIpc) is 2.07. The van der Waals surface area contributed by atoms with E-state index in [1.54, 1.807) is 6.92 Å². The van der Waals surface area contributed by atoms with Gasteiger partial charge >= 0.3 is 0 Å². The van der Waals surface area contributed by atoms with Crippen molar-refractivity contribution in [1.82, 2.24) is 0 Å². The monoisotopic (exact) mass is 168 g/mol. The molecule has 2 radical (unpaired) electrons. The third kappa shape index (κ3) is 1.57. The maximum Gasteiger partial charge on any atom is 0.199 e. The molecular weight excluding hydrogens is 161 g/mol. The Balaban J connectivity index is 3.08. The maximum absolute atomic E-state index is 12.9. The minimum absolute atomic E-state index is 0.107. The van der Waals surface area contributed by atoms with Gasteiger partial charge in [0.2, 0.25) is 0 Å². The van der Waals surface area contributed by atoms with E-state index in [9.17, 15) is 8.78 Å². The van der Waals surface area contributed by atoms with Crippen LogP contribution in [0.25, 0.3) is 0 Å². The molecule has 1 nitrogen and oxygen atoms in total. The van der Waals surface area contributed by atoms with Crippen LogP contribution >= 0.6 is 0 Å². The highest BCUT2D eigenvalue weighted by molar-refractivity contribution is 6.32. The molecule has 0 spiro atoms. The molecule has 0 saturated carbocycles. The van der Waals surface area contributed by atoms with E-state index in [-0.39, 0.29) is 11.2 Å². The molecule has 4 heteroatoms. The van der Waals surface area contributed by atoms with Crippen molar-refractivity contribution in [3.05, 3.63) is 23.8 Å². The molecule has 0 aliphatic heterocycles. The van der Waals surface area contributed by atoms with Crippen LogP contribution in [0, 0.1) is 11.6 Å². The topological polar surface area (TPSA) is 9.23 Å². The minimum Gasteiger partial charge on any atom is -0.491 e. The fraction of sp³-hybridized carbons (Fsp3) is 0.250. The Morgan fingerprint density at radius 1 is 1.33 bits per heavy atom. The smallest absolute Gasteiger partial charge is 0.199 e. The lowest BCUT2D eigenvalue weighted by atomic mass is 9.95. The molecule has 62 valence electrons. The number of rotatable bonds is 2. The number of benzene rings is 1. The zero-order chi connectivity index (χ0) is 9.14. The number of hydrogen-bond donors (Lipinski definition) is 0. The Morgan fingerprint density at radius 3 is 2.58 bits per heavy atom. The van der Waals surface area contributed by atoms with E-state index in [4.69, 9.17) is 12.6 Å². The lowest BCUT2D eigenvalue weighted by Gasteiger charge is -2.05. The van der Waals surface area contributed by atoms with Crippen molar-refractivity contribution < 1.29 is 13.5 Å². The highest BCUT2D eigenvalue weighted by Crippen LogP contribution is 2.17.